The number of amides is 1. The summed E-state index contributed by atoms with van der Waals surface area (Å²) in [6.45, 7) is 0. The van der Waals surface area contributed by atoms with Gasteiger partial charge in [-0.3, -0.25) is 4.79 Å². The van der Waals surface area contributed by atoms with Gasteiger partial charge in [0, 0.05) is 23.7 Å². The van der Waals surface area contributed by atoms with Gasteiger partial charge < -0.3 is 10.1 Å². The molecule has 1 saturated heterocycles. The van der Waals surface area contributed by atoms with E-state index >= 15 is 0 Å². The maximum atomic E-state index is 12.5. The largest absolute Gasteiger partial charge is 0.473 e. The molecular weight excluding hydrogens is 353 g/mol. The van der Waals surface area contributed by atoms with Crippen LogP contribution in [0.5, 0.6) is 5.88 Å². The van der Waals surface area contributed by atoms with E-state index in [2.05, 4.69) is 10.3 Å². The van der Waals surface area contributed by atoms with Gasteiger partial charge in [0.05, 0.1) is 11.1 Å². The fourth-order valence-electron chi connectivity index (χ4n) is 2.31. The molecule has 8 heteroatoms. The van der Waals surface area contributed by atoms with Crippen LogP contribution in [0.15, 0.2) is 42.6 Å². The zero-order chi connectivity index (χ0) is 17.9. The predicted molar refractivity (Wildman–Crippen MR) is 90.0 cm³/mol. The number of ether oxygens (including phenoxy) is 1. The molecule has 0 radical (unpaired) electrons. The molecular formula is C17H15F3N2O2S. The second-order valence-corrected chi connectivity index (χ2v) is 6.67. The van der Waals surface area contributed by atoms with E-state index in [4.69, 9.17) is 4.74 Å². The Morgan fingerprint density at radius 3 is 2.52 bits per heavy atom. The van der Waals surface area contributed by atoms with Crippen molar-refractivity contribution in [3.05, 3.63) is 53.7 Å². The molecule has 1 fully saturated rings. The Balaban J connectivity index is 1.60. The Hall–Kier alpha value is -2.22. The van der Waals surface area contributed by atoms with E-state index in [9.17, 15) is 18.0 Å². The van der Waals surface area contributed by atoms with Crippen molar-refractivity contribution in [1.82, 2.24) is 4.98 Å². The predicted octanol–water partition coefficient (Wildman–Crippen LogP) is 4.24. The summed E-state index contributed by atoms with van der Waals surface area (Å²) in [5.41, 5.74) is -0.187. The number of halogens is 3. The number of alkyl halides is 3. The van der Waals surface area contributed by atoms with Crippen LogP contribution in [-0.4, -0.2) is 28.5 Å². The zero-order valence-electron chi connectivity index (χ0n) is 13.0. The van der Waals surface area contributed by atoms with Crippen LogP contribution in [0, 0.1) is 0 Å². The highest BCUT2D eigenvalue weighted by Gasteiger charge is 2.30. The summed E-state index contributed by atoms with van der Waals surface area (Å²) in [4.78, 5) is 16.2. The summed E-state index contributed by atoms with van der Waals surface area (Å²) in [6.07, 6.45) is -1.90. The number of anilines is 1. The van der Waals surface area contributed by atoms with Gasteiger partial charge in [-0.25, -0.2) is 4.98 Å². The molecule has 1 aliphatic heterocycles. The fourth-order valence-corrected chi connectivity index (χ4v) is 3.40. The SMILES string of the molecule is O=C(Nc1ccc(C(F)(F)F)cc1)c1ccc(OC2CCSC2)nc1. The number of pyridine rings is 1. The lowest BCUT2D eigenvalue weighted by Gasteiger charge is -2.12. The number of rotatable bonds is 4. The molecule has 1 atom stereocenters. The third kappa shape index (κ3) is 4.66. The van der Waals surface area contributed by atoms with Crippen molar-refractivity contribution >= 4 is 23.4 Å². The fraction of sp³-hybridized carbons (Fsp3) is 0.294. The Bertz CT molecular complexity index is 727. The van der Waals surface area contributed by atoms with Crippen LogP contribution in [0.3, 0.4) is 0 Å². The summed E-state index contributed by atoms with van der Waals surface area (Å²) in [5, 5.41) is 2.54. The van der Waals surface area contributed by atoms with E-state index in [0.717, 1.165) is 30.1 Å². The highest BCUT2D eigenvalue weighted by Crippen LogP contribution is 2.30. The number of nitrogens with one attached hydrogen (secondary N) is 1. The molecule has 1 amide bonds. The molecule has 3 rings (SSSR count). The second-order valence-electron chi connectivity index (χ2n) is 5.52. The highest BCUT2D eigenvalue weighted by atomic mass is 32.2. The summed E-state index contributed by atoms with van der Waals surface area (Å²) in [6, 6.07) is 7.45. The monoisotopic (exact) mass is 368 g/mol. The topological polar surface area (TPSA) is 51.2 Å². The van der Waals surface area contributed by atoms with Gasteiger partial charge in [0.15, 0.2) is 0 Å². The first-order valence-corrected chi connectivity index (χ1v) is 8.76. The first-order chi connectivity index (χ1) is 11.9. The highest BCUT2D eigenvalue weighted by molar-refractivity contribution is 7.99. The van der Waals surface area contributed by atoms with Crippen LogP contribution in [-0.2, 0) is 6.18 Å². The van der Waals surface area contributed by atoms with Crippen molar-refractivity contribution in [2.24, 2.45) is 0 Å². The number of hydrogen-bond donors (Lipinski definition) is 1. The van der Waals surface area contributed by atoms with Crippen molar-refractivity contribution in [3.8, 4) is 5.88 Å². The van der Waals surface area contributed by atoms with E-state index in [-0.39, 0.29) is 11.8 Å². The number of hydrogen-bond acceptors (Lipinski definition) is 4. The number of carbonyl (C=O) groups is 1. The Morgan fingerprint density at radius 1 is 1.20 bits per heavy atom. The molecule has 0 saturated carbocycles. The molecule has 2 heterocycles. The zero-order valence-corrected chi connectivity index (χ0v) is 13.9. The molecule has 4 nitrogen and oxygen atoms in total. The van der Waals surface area contributed by atoms with Crippen molar-refractivity contribution in [2.75, 3.05) is 16.8 Å². The van der Waals surface area contributed by atoms with Gasteiger partial charge in [0.1, 0.15) is 6.10 Å². The minimum absolute atomic E-state index is 0.143. The minimum Gasteiger partial charge on any atom is -0.473 e. The molecule has 1 N–H and O–H groups in total. The van der Waals surface area contributed by atoms with Crippen molar-refractivity contribution in [3.63, 3.8) is 0 Å². The average Bonchev–Trinajstić information content (AvgIpc) is 3.08. The Labute approximate surface area is 146 Å². The Morgan fingerprint density at radius 2 is 1.96 bits per heavy atom. The van der Waals surface area contributed by atoms with Gasteiger partial charge in [0.2, 0.25) is 5.88 Å². The maximum Gasteiger partial charge on any atom is 0.416 e. The van der Waals surface area contributed by atoms with Gasteiger partial charge in [-0.2, -0.15) is 24.9 Å². The van der Waals surface area contributed by atoms with Crippen LogP contribution in [0.4, 0.5) is 18.9 Å². The molecule has 1 aromatic heterocycles. The molecule has 132 valence electrons. The first kappa shape index (κ1) is 17.6. The van der Waals surface area contributed by atoms with Crippen molar-refractivity contribution in [2.45, 2.75) is 18.7 Å². The summed E-state index contributed by atoms with van der Waals surface area (Å²) >= 11 is 1.83. The number of aromatic nitrogens is 1. The molecule has 1 aliphatic rings. The van der Waals surface area contributed by atoms with Crippen LogP contribution in [0.1, 0.15) is 22.3 Å². The molecule has 2 aromatic rings. The van der Waals surface area contributed by atoms with Gasteiger partial charge >= 0.3 is 6.18 Å². The van der Waals surface area contributed by atoms with Crippen molar-refractivity contribution < 1.29 is 22.7 Å². The number of thioether (sulfide) groups is 1. The number of benzene rings is 1. The smallest absolute Gasteiger partial charge is 0.416 e. The van der Waals surface area contributed by atoms with Crippen LogP contribution in [0.2, 0.25) is 0 Å². The molecule has 0 aliphatic carbocycles. The third-order valence-electron chi connectivity index (χ3n) is 3.64. The standard InChI is InChI=1S/C17H15F3N2O2S/c18-17(19,20)12-2-4-13(5-3-12)22-16(23)11-1-6-15(21-9-11)24-14-7-8-25-10-14/h1-6,9,14H,7-8,10H2,(H,22,23). The van der Waals surface area contributed by atoms with E-state index in [1.54, 1.807) is 12.1 Å². The lowest BCUT2D eigenvalue weighted by atomic mass is 10.2. The van der Waals surface area contributed by atoms with E-state index in [1.165, 1.54) is 18.3 Å². The molecule has 25 heavy (non-hydrogen) atoms. The summed E-state index contributed by atoms with van der Waals surface area (Å²) < 4.78 is 43.3. The van der Waals surface area contributed by atoms with E-state index in [0.29, 0.717) is 11.4 Å². The molecule has 0 bridgehead atoms. The van der Waals surface area contributed by atoms with Gasteiger partial charge in [-0.15, -0.1) is 0 Å². The third-order valence-corrected chi connectivity index (χ3v) is 4.78. The molecule has 1 aromatic carbocycles. The van der Waals surface area contributed by atoms with Crippen LogP contribution < -0.4 is 10.1 Å². The maximum absolute atomic E-state index is 12.5. The second kappa shape index (κ2) is 7.35. The first-order valence-electron chi connectivity index (χ1n) is 7.61. The Kier molecular flexibility index (Phi) is 5.17. The lowest BCUT2D eigenvalue weighted by Crippen LogP contribution is -2.16. The molecule has 1 unspecified atom stereocenters. The minimum atomic E-state index is -4.40. The lowest BCUT2D eigenvalue weighted by molar-refractivity contribution is -0.137. The average molecular weight is 368 g/mol. The van der Waals surface area contributed by atoms with E-state index in [1.807, 2.05) is 11.8 Å². The van der Waals surface area contributed by atoms with Crippen LogP contribution >= 0.6 is 11.8 Å². The van der Waals surface area contributed by atoms with Gasteiger partial charge in [0.25, 0.3) is 5.91 Å². The van der Waals surface area contributed by atoms with Crippen molar-refractivity contribution in [1.29, 1.82) is 0 Å². The summed E-state index contributed by atoms with van der Waals surface area (Å²) in [7, 11) is 0. The van der Waals surface area contributed by atoms with E-state index < -0.39 is 17.6 Å². The quantitative estimate of drug-likeness (QED) is 0.877. The molecule has 0 spiro atoms. The normalized spacial score (nSPS) is 17.3. The van der Waals surface area contributed by atoms with Crippen LogP contribution in [0.25, 0.3) is 0 Å². The number of carbonyl (C=O) groups excluding carboxylic acids is 1. The summed E-state index contributed by atoms with van der Waals surface area (Å²) in [5.74, 6) is 2.00. The van der Waals surface area contributed by atoms with Gasteiger partial charge in [-0.05, 0) is 42.5 Å². The number of nitrogens with zero attached hydrogens (tertiary/aromatic N) is 1. The van der Waals surface area contributed by atoms with Gasteiger partial charge in [-0.1, -0.05) is 0 Å².